The highest BCUT2D eigenvalue weighted by atomic mass is 19.2. The van der Waals surface area contributed by atoms with Crippen molar-refractivity contribution in [1.82, 2.24) is 9.47 Å². The van der Waals surface area contributed by atoms with Crippen molar-refractivity contribution in [2.75, 3.05) is 20.8 Å². The van der Waals surface area contributed by atoms with Gasteiger partial charge in [0.15, 0.2) is 23.1 Å². The molecule has 1 unspecified atom stereocenters. The molecule has 0 saturated carbocycles. The summed E-state index contributed by atoms with van der Waals surface area (Å²) < 4.78 is 46.2. The van der Waals surface area contributed by atoms with E-state index in [1.54, 1.807) is 14.2 Å². The van der Waals surface area contributed by atoms with Crippen molar-refractivity contribution in [1.29, 1.82) is 0 Å². The van der Waals surface area contributed by atoms with Crippen LogP contribution in [0.15, 0.2) is 48.5 Å². The fourth-order valence-electron chi connectivity index (χ4n) is 5.79. The van der Waals surface area contributed by atoms with Gasteiger partial charge in [-0.25, -0.2) is 8.78 Å². The van der Waals surface area contributed by atoms with E-state index in [4.69, 9.17) is 14.2 Å². The van der Waals surface area contributed by atoms with E-state index in [0.717, 1.165) is 60.4 Å². The van der Waals surface area contributed by atoms with Gasteiger partial charge in [-0.3, -0.25) is 4.90 Å². The summed E-state index contributed by atoms with van der Waals surface area (Å²) in [6.07, 6.45) is 1.65. The van der Waals surface area contributed by atoms with Crippen molar-refractivity contribution in [3.05, 3.63) is 88.1 Å². The van der Waals surface area contributed by atoms with Crippen LogP contribution in [-0.4, -0.2) is 35.3 Å². The topological polar surface area (TPSA) is 56.1 Å². The van der Waals surface area contributed by atoms with Crippen molar-refractivity contribution < 1.29 is 28.1 Å². The number of hydrogen-bond donors (Lipinski definition) is 1. The predicted octanol–water partition coefficient (Wildman–Crippen LogP) is 5.12. The van der Waals surface area contributed by atoms with Crippen LogP contribution in [0.2, 0.25) is 0 Å². The summed E-state index contributed by atoms with van der Waals surface area (Å²) in [7, 11) is 3.26. The summed E-state index contributed by atoms with van der Waals surface area (Å²) in [5.41, 5.74) is 6.27. The third kappa shape index (κ3) is 4.01. The van der Waals surface area contributed by atoms with Crippen molar-refractivity contribution in [2.24, 2.45) is 0 Å². The Morgan fingerprint density at radius 2 is 1.84 bits per heavy atom. The van der Waals surface area contributed by atoms with Crippen LogP contribution < -0.4 is 14.2 Å². The molecule has 6 rings (SSSR count). The highest BCUT2D eigenvalue weighted by Crippen LogP contribution is 2.45. The molecule has 0 fully saturated rings. The Labute approximate surface area is 213 Å². The first-order valence-electron chi connectivity index (χ1n) is 12.3. The summed E-state index contributed by atoms with van der Waals surface area (Å²) in [6.45, 7) is 1.64. The monoisotopic (exact) mass is 506 g/mol. The van der Waals surface area contributed by atoms with E-state index >= 15 is 0 Å². The SMILES string of the molecule is COc1ccc2c(c1)c1c(n2CO)CN2CCc3cc(OC)c(OCc4ccc(F)c(F)c4)cc3C2C1. The Morgan fingerprint density at radius 1 is 0.973 bits per heavy atom. The lowest BCUT2D eigenvalue weighted by molar-refractivity contribution is 0.145. The molecule has 2 aliphatic rings. The lowest BCUT2D eigenvalue weighted by Crippen LogP contribution is -2.39. The molecule has 1 atom stereocenters. The fraction of sp³-hybridized carbons (Fsp3) is 0.310. The molecular formula is C29H28F2N2O4. The fourth-order valence-corrected chi connectivity index (χ4v) is 5.79. The summed E-state index contributed by atoms with van der Waals surface area (Å²) in [5.74, 6) is 0.193. The number of nitrogens with zero attached hydrogens (tertiary/aromatic N) is 2. The van der Waals surface area contributed by atoms with Crippen LogP contribution in [0.3, 0.4) is 0 Å². The average Bonchev–Trinajstić information content (AvgIpc) is 3.23. The minimum atomic E-state index is -0.897. The molecule has 0 saturated heterocycles. The second-order valence-electron chi connectivity index (χ2n) is 9.56. The van der Waals surface area contributed by atoms with Crippen LogP contribution in [0.4, 0.5) is 8.78 Å². The number of methoxy groups -OCH3 is 2. The molecule has 0 bridgehead atoms. The number of rotatable bonds is 6. The summed E-state index contributed by atoms with van der Waals surface area (Å²) >= 11 is 0. The molecule has 0 radical (unpaired) electrons. The Kier molecular flexibility index (Phi) is 6.01. The highest BCUT2D eigenvalue weighted by Gasteiger charge is 2.36. The zero-order chi connectivity index (χ0) is 25.7. The number of hydrogen-bond acceptors (Lipinski definition) is 5. The Balaban J connectivity index is 1.37. The van der Waals surface area contributed by atoms with Crippen LogP contribution in [-0.2, 0) is 32.7 Å². The number of fused-ring (bicyclic) bond motifs is 6. The Morgan fingerprint density at radius 3 is 2.59 bits per heavy atom. The second kappa shape index (κ2) is 9.36. The van der Waals surface area contributed by atoms with Crippen LogP contribution in [0, 0.1) is 11.6 Å². The predicted molar refractivity (Wildman–Crippen MR) is 135 cm³/mol. The molecule has 3 heterocycles. The maximum absolute atomic E-state index is 13.7. The van der Waals surface area contributed by atoms with E-state index in [1.165, 1.54) is 22.8 Å². The molecule has 8 heteroatoms. The number of halogens is 2. The quantitative estimate of drug-likeness (QED) is 0.394. The second-order valence-corrected chi connectivity index (χ2v) is 9.56. The molecule has 192 valence electrons. The van der Waals surface area contributed by atoms with Gasteiger partial charge in [0.05, 0.1) is 19.7 Å². The first-order valence-corrected chi connectivity index (χ1v) is 12.3. The van der Waals surface area contributed by atoms with Gasteiger partial charge in [-0.05, 0) is 77.6 Å². The maximum atomic E-state index is 13.7. The van der Waals surface area contributed by atoms with E-state index in [0.29, 0.717) is 17.1 Å². The minimum Gasteiger partial charge on any atom is -0.497 e. The average molecular weight is 507 g/mol. The van der Waals surface area contributed by atoms with Crippen molar-refractivity contribution >= 4 is 10.9 Å². The van der Waals surface area contributed by atoms with E-state index in [2.05, 4.69) is 4.90 Å². The van der Waals surface area contributed by atoms with Gasteiger partial charge in [-0.15, -0.1) is 0 Å². The standard InChI is InChI=1S/C29H28F2N2O4/c1-35-19-4-6-25-21(11-19)22-12-26-20-13-29(37-15-17-3-5-23(30)24(31)9-17)28(36-2)10-18(20)7-8-32(26)14-27(22)33(25)16-34/h3-6,9-11,13,26,34H,7-8,12,14-16H2,1-2H3. The van der Waals surface area contributed by atoms with Gasteiger partial charge >= 0.3 is 0 Å². The van der Waals surface area contributed by atoms with Gasteiger partial charge in [-0.2, -0.15) is 0 Å². The van der Waals surface area contributed by atoms with Crippen molar-refractivity contribution in [3.63, 3.8) is 0 Å². The number of aromatic nitrogens is 1. The van der Waals surface area contributed by atoms with Gasteiger partial charge in [-0.1, -0.05) is 6.07 Å². The van der Waals surface area contributed by atoms with E-state index in [-0.39, 0.29) is 19.4 Å². The highest BCUT2D eigenvalue weighted by molar-refractivity contribution is 5.87. The molecule has 4 aromatic rings. The molecule has 37 heavy (non-hydrogen) atoms. The molecule has 0 spiro atoms. The van der Waals surface area contributed by atoms with E-state index in [1.807, 2.05) is 34.9 Å². The first kappa shape index (κ1) is 23.8. The molecule has 0 amide bonds. The maximum Gasteiger partial charge on any atom is 0.162 e. The van der Waals surface area contributed by atoms with Crippen molar-refractivity contribution in [2.45, 2.75) is 38.8 Å². The lowest BCUT2D eigenvalue weighted by atomic mass is 9.85. The third-order valence-electron chi connectivity index (χ3n) is 7.66. The van der Waals surface area contributed by atoms with Crippen LogP contribution in [0.5, 0.6) is 17.2 Å². The van der Waals surface area contributed by atoms with Gasteiger partial charge in [0, 0.05) is 30.2 Å². The molecule has 1 aromatic heterocycles. The van der Waals surface area contributed by atoms with Crippen LogP contribution in [0.1, 0.15) is 34.0 Å². The third-order valence-corrected chi connectivity index (χ3v) is 7.66. The molecule has 2 aliphatic heterocycles. The zero-order valence-electron chi connectivity index (χ0n) is 20.8. The summed E-state index contributed by atoms with van der Waals surface area (Å²) in [6, 6.07) is 13.9. The summed E-state index contributed by atoms with van der Waals surface area (Å²) in [5, 5.41) is 11.3. The molecule has 6 nitrogen and oxygen atoms in total. The van der Waals surface area contributed by atoms with Crippen LogP contribution >= 0.6 is 0 Å². The largest absolute Gasteiger partial charge is 0.497 e. The lowest BCUT2D eigenvalue weighted by Gasteiger charge is -2.41. The van der Waals surface area contributed by atoms with Gasteiger partial charge in [0.2, 0.25) is 0 Å². The Hall–Kier alpha value is -3.62. The number of aliphatic hydroxyl groups excluding tert-OH is 1. The molecule has 3 aromatic carbocycles. The molecule has 1 N–H and O–H groups in total. The minimum absolute atomic E-state index is 0.0770. The normalized spacial score (nSPS) is 16.7. The smallest absolute Gasteiger partial charge is 0.162 e. The van der Waals surface area contributed by atoms with Crippen molar-refractivity contribution in [3.8, 4) is 17.2 Å². The zero-order valence-corrected chi connectivity index (χ0v) is 20.8. The Bertz CT molecular complexity index is 1500. The van der Waals surface area contributed by atoms with Gasteiger partial charge in [0.1, 0.15) is 19.1 Å². The van der Waals surface area contributed by atoms with Crippen LogP contribution in [0.25, 0.3) is 10.9 Å². The van der Waals surface area contributed by atoms with E-state index < -0.39 is 11.6 Å². The first-order chi connectivity index (χ1) is 18.0. The molecule has 0 aliphatic carbocycles. The number of benzene rings is 3. The van der Waals surface area contributed by atoms with Gasteiger partial charge < -0.3 is 23.9 Å². The summed E-state index contributed by atoms with van der Waals surface area (Å²) in [4.78, 5) is 2.44. The van der Waals surface area contributed by atoms with E-state index in [9.17, 15) is 13.9 Å². The number of ether oxygens (including phenoxy) is 3. The molecular weight excluding hydrogens is 478 g/mol. The number of aliphatic hydroxyl groups is 1. The van der Waals surface area contributed by atoms with Gasteiger partial charge in [0.25, 0.3) is 0 Å².